The van der Waals surface area contributed by atoms with Crippen LogP contribution in [0.2, 0.25) is 0 Å². The maximum atomic E-state index is 10.9. The zero-order chi connectivity index (χ0) is 11.5. The van der Waals surface area contributed by atoms with Crippen molar-refractivity contribution in [2.45, 2.75) is 0 Å². The van der Waals surface area contributed by atoms with E-state index in [-0.39, 0.29) is 41.0 Å². The van der Waals surface area contributed by atoms with Crippen molar-refractivity contribution in [3.63, 3.8) is 0 Å². The molecular formula is C10H7N2NaO3S. The van der Waals surface area contributed by atoms with Gasteiger partial charge in [-0.3, -0.25) is 4.79 Å². The van der Waals surface area contributed by atoms with Crippen molar-refractivity contribution in [2.24, 2.45) is 5.10 Å². The quantitative estimate of drug-likeness (QED) is 0.560. The number of carboxylic acid groups (broad SMARTS) is 1. The number of amides is 1. The van der Waals surface area contributed by atoms with Gasteiger partial charge in [-0.25, -0.2) is 5.43 Å². The van der Waals surface area contributed by atoms with Crippen molar-refractivity contribution in [1.82, 2.24) is 5.43 Å². The summed E-state index contributed by atoms with van der Waals surface area (Å²) in [5, 5.41) is 15.1. The summed E-state index contributed by atoms with van der Waals surface area (Å²) < 4.78 is 0. The molecule has 0 saturated heterocycles. The monoisotopic (exact) mass is 258 g/mol. The molecule has 0 aliphatic carbocycles. The maximum absolute atomic E-state index is 10.9. The molecule has 1 amide bonds. The van der Waals surface area contributed by atoms with Crippen molar-refractivity contribution in [1.29, 1.82) is 0 Å². The van der Waals surface area contributed by atoms with Crippen LogP contribution in [0, 0.1) is 0 Å². The van der Waals surface area contributed by atoms with Crippen LogP contribution in [0.4, 0.5) is 0 Å². The molecule has 1 aromatic carbocycles. The van der Waals surface area contributed by atoms with E-state index in [4.69, 9.17) is 0 Å². The number of benzene rings is 1. The number of aromatic carboxylic acids is 1. The Labute approximate surface area is 124 Å². The van der Waals surface area contributed by atoms with E-state index in [0.717, 1.165) is 5.56 Å². The van der Waals surface area contributed by atoms with Crippen molar-refractivity contribution in [2.75, 3.05) is 5.75 Å². The van der Waals surface area contributed by atoms with Gasteiger partial charge in [-0.15, -0.1) is 0 Å². The molecule has 82 valence electrons. The van der Waals surface area contributed by atoms with Gasteiger partial charge in [-0.1, -0.05) is 36.0 Å². The van der Waals surface area contributed by atoms with Crippen molar-refractivity contribution >= 4 is 28.7 Å². The molecule has 1 aromatic rings. The van der Waals surface area contributed by atoms with Gasteiger partial charge in [0.1, 0.15) is 5.04 Å². The summed E-state index contributed by atoms with van der Waals surface area (Å²) >= 11 is 1.31. The molecule has 1 N–H and O–H groups in total. The number of hydrogen-bond donors (Lipinski definition) is 1. The van der Waals surface area contributed by atoms with Gasteiger partial charge in [0.25, 0.3) is 5.91 Å². The molecule has 5 nitrogen and oxygen atoms in total. The molecule has 2 rings (SSSR count). The Bertz CT molecular complexity index is 473. The predicted molar refractivity (Wildman–Crippen MR) is 57.9 cm³/mol. The molecule has 0 fully saturated rings. The summed E-state index contributed by atoms with van der Waals surface area (Å²) in [5.41, 5.74) is 3.26. The molecule has 0 atom stereocenters. The average molecular weight is 258 g/mol. The van der Waals surface area contributed by atoms with Crippen LogP contribution < -0.4 is 40.1 Å². The Morgan fingerprint density at radius 3 is 2.47 bits per heavy atom. The zero-order valence-electron chi connectivity index (χ0n) is 9.10. The summed E-state index contributed by atoms with van der Waals surface area (Å²) in [6.07, 6.45) is 0. The van der Waals surface area contributed by atoms with E-state index in [9.17, 15) is 14.7 Å². The average Bonchev–Trinajstić information content (AvgIpc) is 2.30. The number of carboxylic acids is 1. The molecule has 0 spiro atoms. The molecule has 7 heteroatoms. The number of hydrazone groups is 1. The number of rotatable bonds is 2. The normalized spacial score (nSPS) is 14.4. The summed E-state index contributed by atoms with van der Waals surface area (Å²) in [7, 11) is 0. The number of hydrogen-bond acceptors (Lipinski definition) is 5. The second-order valence-corrected chi connectivity index (χ2v) is 4.07. The molecule has 0 unspecified atom stereocenters. The largest absolute Gasteiger partial charge is 1.00 e. The minimum absolute atomic E-state index is 0. The Kier molecular flexibility index (Phi) is 5.20. The topological polar surface area (TPSA) is 81.6 Å². The third kappa shape index (κ3) is 3.57. The standard InChI is InChI=1S/C10H8N2O3S.Na/c13-8-5-16-9(12-11-8)6-1-3-7(4-2-6)10(14)15;/h1-4H,5H2,(H,11,13)(H,14,15);/q;+1/p-1. The summed E-state index contributed by atoms with van der Waals surface area (Å²) in [5.74, 6) is -1.03. The van der Waals surface area contributed by atoms with E-state index in [0.29, 0.717) is 10.8 Å². The smallest absolute Gasteiger partial charge is 0.545 e. The molecule has 0 saturated carbocycles. The third-order valence-electron chi connectivity index (χ3n) is 1.99. The Morgan fingerprint density at radius 2 is 2.00 bits per heavy atom. The van der Waals surface area contributed by atoms with Crippen molar-refractivity contribution in [3.05, 3.63) is 35.4 Å². The van der Waals surface area contributed by atoms with Gasteiger partial charge in [0.2, 0.25) is 0 Å². The second-order valence-electron chi connectivity index (χ2n) is 3.11. The molecular weight excluding hydrogens is 251 g/mol. The van der Waals surface area contributed by atoms with E-state index >= 15 is 0 Å². The van der Waals surface area contributed by atoms with Crippen LogP contribution in [0.3, 0.4) is 0 Å². The maximum Gasteiger partial charge on any atom is 1.00 e. The number of carbonyl (C=O) groups excluding carboxylic acids is 2. The van der Waals surface area contributed by atoms with Crippen LogP contribution in [0.1, 0.15) is 15.9 Å². The molecule has 0 bridgehead atoms. The number of nitrogens with one attached hydrogen (secondary N) is 1. The molecule has 0 aromatic heterocycles. The van der Waals surface area contributed by atoms with Crippen LogP contribution >= 0.6 is 11.8 Å². The fourth-order valence-electron chi connectivity index (χ4n) is 1.21. The van der Waals surface area contributed by atoms with E-state index < -0.39 is 5.97 Å². The fourth-order valence-corrected chi connectivity index (χ4v) is 1.95. The Morgan fingerprint density at radius 1 is 1.35 bits per heavy atom. The minimum Gasteiger partial charge on any atom is -0.545 e. The molecule has 1 aliphatic rings. The predicted octanol–water partition coefficient (Wildman–Crippen LogP) is -3.42. The summed E-state index contributed by atoms with van der Waals surface area (Å²) in [6, 6.07) is 6.16. The van der Waals surface area contributed by atoms with Gasteiger partial charge < -0.3 is 9.90 Å². The molecule has 1 aliphatic heterocycles. The summed E-state index contributed by atoms with van der Waals surface area (Å²) in [4.78, 5) is 21.4. The fraction of sp³-hybridized carbons (Fsp3) is 0.100. The molecule has 1 heterocycles. The van der Waals surface area contributed by atoms with Crippen LogP contribution in [-0.2, 0) is 4.79 Å². The van der Waals surface area contributed by atoms with Gasteiger partial charge >= 0.3 is 29.6 Å². The van der Waals surface area contributed by atoms with Gasteiger partial charge in [0.05, 0.1) is 11.7 Å². The molecule has 17 heavy (non-hydrogen) atoms. The SMILES string of the molecule is O=C1CSC(c2ccc(C(=O)[O-])cc2)=NN1.[Na+]. The van der Waals surface area contributed by atoms with Crippen LogP contribution in [0.25, 0.3) is 0 Å². The molecule has 0 radical (unpaired) electrons. The Balaban J connectivity index is 0.00000144. The Hall–Kier alpha value is -0.820. The zero-order valence-corrected chi connectivity index (χ0v) is 11.9. The second kappa shape index (κ2) is 6.20. The van der Waals surface area contributed by atoms with Crippen molar-refractivity contribution in [3.8, 4) is 0 Å². The minimum atomic E-state index is -1.21. The number of carbonyl (C=O) groups is 2. The first kappa shape index (κ1) is 14.2. The first-order valence-electron chi connectivity index (χ1n) is 4.48. The van der Waals surface area contributed by atoms with Gasteiger partial charge in [-0.2, -0.15) is 5.10 Å². The van der Waals surface area contributed by atoms with E-state index in [2.05, 4.69) is 10.5 Å². The van der Waals surface area contributed by atoms with E-state index in [1.807, 2.05) is 0 Å². The number of thioether (sulfide) groups is 1. The number of nitrogens with zero attached hydrogens (tertiary/aromatic N) is 1. The van der Waals surface area contributed by atoms with Crippen molar-refractivity contribution < 1.29 is 44.3 Å². The summed E-state index contributed by atoms with van der Waals surface area (Å²) in [6.45, 7) is 0. The van der Waals surface area contributed by atoms with Gasteiger partial charge in [0, 0.05) is 5.56 Å². The first-order chi connectivity index (χ1) is 7.66. The van der Waals surface area contributed by atoms with E-state index in [1.54, 1.807) is 12.1 Å². The third-order valence-corrected chi connectivity index (χ3v) is 3.00. The van der Waals surface area contributed by atoms with Crippen LogP contribution in [0.5, 0.6) is 0 Å². The van der Waals surface area contributed by atoms with E-state index in [1.165, 1.54) is 23.9 Å². The first-order valence-corrected chi connectivity index (χ1v) is 5.46. The van der Waals surface area contributed by atoms with Gasteiger partial charge in [-0.05, 0) is 5.56 Å². The van der Waals surface area contributed by atoms with Crippen LogP contribution in [0.15, 0.2) is 29.4 Å². The van der Waals surface area contributed by atoms with Crippen LogP contribution in [-0.4, -0.2) is 22.7 Å². The van der Waals surface area contributed by atoms with Gasteiger partial charge in [0.15, 0.2) is 0 Å².